The third kappa shape index (κ3) is 3.01. The normalized spacial score (nSPS) is 31.2. The zero-order chi connectivity index (χ0) is 15.8. The molecule has 122 valence electrons. The van der Waals surface area contributed by atoms with E-state index in [-0.39, 0.29) is 12.1 Å². The second-order valence-corrected chi connectivity index (χ2v) is 7.06. The molecule has 1 aliphatic heterocycles. The van der Waals surface area contributed by atoms with Crippen molar-refractivity contribution in [1.29, 1.82) is 0 Å². The molecule has 6 nitrogen and oxygen atoms in total. The fourth-order valence-corrected chi connectivity index (χ4v) is 4.20. The minimum absolute atomic E-state index is 0.116. The molecule has 23 heavy (non-hydrogen) atoms. The lowest BCUT2D eigenvalue weighted by Crippen LogP contribution is -2.36. The average Bonchev–Trinajstić information content (AvgIpc) is 3.13. The van der Waals surface area contributed by atoms with Crippen molar-refractivity contribution in [3.8, 4) is 0 Å². The third-order valence-electron chi connectivity index (χ3n) is 5.28. The molecule has 2 fully saturated rings. The van der Waals surface area contributed by atoms with Crippen molar-refractivity contribution < 1.29 is 5.11 Å². The van der Waals surface area contributed by atoms with Crippen LogP contribution in [0.5, 0.6) is 0 Å². The maximum atomic E-state index is 10.6. The maximum absolute atomic E-state index is 10.6. The molecule has 0 spiro atoms. The minimum atomic E-state index is -0.296. The highest BCUT2D eigenvalue weighted by Crippen LogP contribution is 2.41. The molecule has 1 N–H and O–H groups in total. The quantitative estimate of drug-likeness (QED) is 0.928. The van der Waals surface area contributed by atoms with Gasteiger partial charge in [-0.05, 0) is 37.2 Å². The molecule has 0 radical (unpaired) electrons. The van der Waals surface area contributed by atoms with Gasteiger partial charge in [0.2, 0.25) is 0 Å². The van der Waals surface area contributed by atoms with E-state index in [0.717, 1.165) is 43.6 Å². The van der Waals surface area contributed by atoms with E-state index in [4.69, 9.17) is 0 Å². The van der Waals surface area contributed by atoms with Gasteiger partial charge in [0.05, 0.1) is 18.3 Å². The Morgan fingerprint density at radius 3 is 2.57 bits per heavy atom. The fraction of sp³-hybridized carbons (Fsp3) is 0.588. The van der Waals surface area contributed by atoms with Gasteiger partial charge in [-0.3, -0.25) is 9.58 Å². The summed E-state index contributed by atoms with van der Waals surface area (Å²) in [5.74, 6) is 1.22. The van der Waals surface area contributed by atoms with Gasteiger partial charge in [0.25, 0.3) is 0 Å². The molecule has 0 amide bonds. The first-order valence-corrected chi connectivity index (χ1v) is 8.34. The number of fused-ring (bicyclic) bond motifs is 1. The number of nitrogens with zero attached hydrogens (tertiary/aromatic N) is 5. The van der Waals surface area contributed by atoms with E-state index in [9.17, 15) is 5.11 Å². The van der Waals surface area contributed by atoms with Crippen LogP contribution in [0.25, 0.3) is 0 Å². The summed E-state index contributed by atoms with van der Waals surface area (Å²) in [6, 6.07) is 0.116. The Morgan fingerprint density at radius 1 is 1.13 bits per heavy atom. The number of aliphatic hydroxyl groups is 1. The van der Waals surface area contributed by atoms with Crippen molar-refractivity contribution in [2.45, 2.75) is 38.5 Å². The molecular formula is C17H23N5O. The van der Waals surface area contributed by atoms with Crippen LogP contribution < -0.4 is 0 Å². The van der Waals surface area contributed by atoms with Crippen molar-refractivity contribution in [3.63, 3.8) is 0 Å². The summed E-state index contributed by atoms with van der Waals surface area (Å²) in [4.78, 5) is 10.7. The van der Waals surface area contributed by atoms with Crippen LogP contribution in [-0.4, -0.2) is 48.9 Å². The second-order valence-electron chi connectivity index (χ2n) is 7.06. The number of aromatic nitrogens is 4. The standard InChI is InChI=1S/C17H23N5O/c1-12-4-20-22(7-12)16-2-14-9-21(10-15(14)3-17(16)23)8-13-5-18-11-19-6-13/h4-7,11,14-17,23H,2-3,8-10H2,1H3/t14-,15+,16-,17-/m0/s1. The molecule has 4 rings (SSSR count). The van der Waals surface area contributed by atoms with Crippen LogP contribution in [0.2, 0.25) is 0 Å². The summed E-state index contributed by atoms with van der Waals surface area (Å²) in [6.07, 6.45) is 10.8. The van der Waals surface area contributed by atoms with Gasteiger partial charge < -0.3 is 5.11 Å². The molecule has 1 aliphatic carbocycles. The van der Waals surface area contributed by atoms with Crippen molar-refractivity contribution in [1.82, 2.24) is 24.6 Å². The highest BCUT2D eigenvalue weighted by Gasteiger charge is 2.42. The number of aryl methyl sites for hydroxylation is 1. The number of rotatable bonds is 3. The summed E-state index contributed by atoms with van der Waals surface area (Å²) < 4.78 is 1.96. The monoisotopic (exact) mass is 313 g/mol. The Hall–Kier alpha value is -1.79. The number of hydrogen-bond donors (Lipinski definition) is 1. The van der Waals surface area contributed by atoms with Crippen LogP contribution in [-0.2, 0) is 6.54 Å². The van der Waals surface area contributed by atoms with E-state index in [0.29, 0.717) is 11.8 Å². The average molecular weight is 313 g/mol. The fourth-order valence-electron chi connectivity index (χ4n) is 4.20. The summed E-state index contributed by atoms with van der Waals surface area (Å²) in [7, 11) is 0. The molecule has 0 bridgehead atoms. The van der Waals surface area contributed by atoms with Crippen molar-refractivity contribution in [2.75, 3.05) is 13.1 Å². The van der Waals surface area contributed by atoms with Crippen LogP contribution in [0.4, 0.5) is 0 Å². The van der Waals surface area contributed by atoms with Crippen LogP contribution in [0.3, 0.4) is 0 Å². The van der Waals surface area contributed by atoms with Crippen molar-refractivity contribution >= 4 is 0 Å². The Balaban J connectivity index is 1.43. The van der Waals surface area contributed by atoms with Gasteiger partial charge in [-0.25, -0.2) is 9.97 Å². The zero-order valence-corrected chi connectivity index (χ0v) is 13.4. The Bertz CT molecular complexity index is 658. The van der Waals surface area contributed by atoms with E-state index in [1.807, 2.05) is 36.4 Å². The first kappa shape index (κ1) is 14.8. The largest absolute Gasteiger partial charge is 0.391 e. The van der Waals surface area contributed by atoms with E-state index in [1.165, 1.54) is 0 Å². The summed E-state index contributed by atoms with van der Waals surface area (Å²) in [5, 5.41) is 15.0. The van der Waals surface area contributed by atoms with E-state index >= 15 is 0 Å². The first-order chi connectivity index (χ1) is 11.2. The maximum Gasteiger partial charge on any atom is 0.115 e. The SMILES string of the molecule is Cc1cnn([C@H]2C[C@H]3CN(Cc4cncnc4)C[C@H]3C[C@@H]2O)c1. The van der Waals surface area contributed by atoms with Gasteiger partial charge in [-0.2, -0.15) is 5.10 Å². The molecule has 0 unspecified atom stereocenters. The van der Waals surface area contributed by atoms with Gasteiger partial charge >= 0.3 is 0 Å². The van der Waals surface area contributed by atoms with Gasteiger partial charge in [0.15, 0.2) is 0 Å². The molecule has 1 saturated heterocycles. The molecule has 2 aliphatic rings. The molecular weight excluding hydrogens is 290 g/mol. The van der Waals surface area contributed by atoms with E-state index in [1.54, 1.807) is 6.33 Å². The van der Waals surface area contributed by atoms with Gasteiger partial charge in [-0.15, -0.1) is 0 Å². The predicted molar refractivity (Wildman–Crippen MR) is 85.5 cm³/mol. The Morgan fingerprint density at radius 2 is 1.87 bits per heavy atom. The summed E-state index contributed by atoms with van der Waals surface area (Å²) in [6.45, 7) is 5.08. The molecule has 2 aromatic heterocycles. The minimum Gasteiger partial charge on any atom is -0.391 e. The molecule has 4 atom stereocenters. The first-order valence-electron chi connectivity index (χ1n) is 8.34. The lowest BCUT2D eigenvalue weighted by molar-refractivity contribution is 0.0306. The molecule has 0 aromatic carbocycles. The Kier molecular flexibility index (Phi) is 3.87. The van der Waals surface area contributed by atoms with Crippen molar-refractivity contribution in [3.05, 3.63) is 42.2 Å². The highest BCUT2D eigenvalue weighted by atomic mass is 16.3. The predicted octanol–water partition coefficient (Wildman–Crippen LogP) is 1.43. The Labute approximate surface area is 136 Å². The lowest BCUT2D eigenvalue weighted by atomic mass is 9.77. The van der Waals surface area contributed by atoms with Crippen LogP contribution >= 0.6 is 0 Å². The van der Waals surface area contributed by atoms with Crippen LogP contribution in [0, 0.1) is 18.8 Å². The summed E-state index contributed by atoms with van der Waals surface area (Å²) >= 11 is 0. The van der Waals surface area contributed by atoms with Gasteiger partial charge in [-0.1, -0.05) is 0 Å². The number of aliphatic hydroxyl groups excluding tert-OH is 1. The zero-order valence-electron chi connectivity index (χ0n) is 13.4. The molecule has 2 aromatic rings. The topological polar surface area (TPSA) is 67.1 Å². The smallest absolute Gasteiger partial charge is 0.115 e. The number of hydrogen-bond acceptors (Lipinski definition) is 5. The lowest BCUT2D eigenvalue weighted by Gasteiger charge is -2.35. The van der Waals surface area contributed by atoms with Crippen LogP contribution in [0.1, 0.15) is 30.0 Å². The summed E-state index contributed by atoms with van der Waals surface area (Å²) in [5.41, 5.74) is 2.31. The van der Waals surface area contributed by atoms with E-state index < -0.39 is 0 Å². The van der Waals surface area contributed by atoms with Crippen LogP contribution in [0.15, 0.2) is 31.1 Å². The number of likely N-dealkylation sites (tertiary alicyclic amines) is 1. The second kappa shape index (κ2) is 6.02. The van der Waals surface area contributed by atoms with Gasteiger partial charge in [0, 0.05) is 43.8 Å². The third-order valence-corrected chi connectivity index (χ3v) is 5.28. The molecule has 6 heteroatoms. The van der Waals surface area contributed by atoms with E-state index in [2.05, 4.69) is 20.0 Å². The molecule has 1 saturated carbocycles. The van der Waals surface area contributed by atoms with Crippen molar-refractivity contribution in [2.24, 2.45) is 11.8 Å². The molecule has 3 heterocycles. The van der Waals surface area contributed by atoms with Gasteiger partial charge in [0.1, 0.15) is 6.33 Å². The highest BCUT2D eigenvalue weighted by molar-refractivity contribution is 5.05.